The van der Waals surface area contributed by atoms with Gasteiger partial charge >= 0.3 is 0 Å². The lowest BCUT2D eigenvalue weighted by atomic mass is 9.98. The molecule has 41 heavy (non-hydrogen) atoms. The molecule has 0 saturated heterocycles. The maximum absolute atomic E-state index is 13.6. The molecule has 1 spiro atoms. The van der Waals surface area contributed by atoms with E-state index in [4.69, 9.17) is 25.9 Å². The highest BCUT2D eigenvalue weighted by Crippen LogP contribution is 2.41. The molecule has 0 bridgehead atoms. The number of methoxy groups -OCH3 is 1. The Morgan fingerprint density at radius 2 is 1.90 bits per heavy atom. The van der Waals surface area contributed by atoms with Crippen LogP contribution in [0, 0.1) is 13.8 Å². The van der Waals surface area contributed by atoms with Crippen molar-refractivity contribution in [3.05, 3.63) is 58.2 Å². The van der Waals surface area contributed by atoms with Crippen LogP contribution in [0.25, 0.3) is 11.1 Å². The van der Waals surface area contributed by atoms with Gasteiger partial charge in [0, 0.05) is 28.6 Å². The van der Waals surface area contributed by atoms with Gasteiger partial charge < -0.3 is 9.26 Å². The maximum Gasteiger partial charge on any atom is 0.265 e. The average molecular weight is 599 g/mol. The highest BCUT2D eigenvalue weighted by atomic mass is 35.5. The van der Waals surface area contributed by atoms with Crippen molar-refractivity contribution in [3.63, 3.8) is 0 Å². The zero-order valence-corrected chi connectivity index (χ0v) is 25.4. The first-order valence-corrected chi connectivity index (χ1v) is 15.8. The molecule has 1 aromatic heterocycles. The number of hydrogen-bond donors (Lipinski definition) is 1. The van der Waals surface area contributed by atoms with Gasteiger partial charge in [0.15, 0.2) is 0 Å². The summed E-state index contributed by atoms with van der Waals surface area (Å²) in [6.45, 7) is 5.91. The number of benzene rings is 2. The summed E-state index contributed by atoms with van der Waals surface area (Å²) in [5.74, 6) is 1.34. The van der Waals surface area contributed by atoms with Crippen molar-refractivity contribution in [2.75, 3.05) is 11.8 Å². The topological polar surface area (TPSA) is 114 Å². The van der Waals surface area contributed by atoms with Crippen molar-refractivity contribution >= 4 is 39.3 Å². The molecule has 0 radical (unpaired) electrons. The van der Waals surface area contributed by atoms with Crippen LogP contribution < -0.4 is 9.46 Å². The van der Waals surface area contributed by atoms with E-state index in [1.54, 1.807) is 36.9 Å². The number of nitrogens with zero attached hydrogens (tertiary/aromatic N) is 3. The number of unbranched alkanes of at least 4 members (excludes halogenated alkanes) is 1. The first kappa shape index (κ1) is 29.1. The number of hydrogen-bond acceptors (Lipinski definition) is 7. The van der Waals surface area contributed by atoms with Crippen LogP contribution in [-0.2, 0) is 21.4 Å². The molecule has 5 rings (SSSR count). The van der Waals surface area contributed by atoms with E-state index in [2.05, 4.69) is 16.8 Å². The van der Waals surface area contributed by atoms with Crippen LogP contribution in [0.15, 0.2) is 50.8 Å². The zero-order chi connectivity index (χ0) is 29.4. The molecule has 1 fully saturated rings. The molecule has 2 aromatic carbocycles. The van der Waals surface area contributed by atoms with E-state index in [1.807, 2.05) is 12.1 Å². The molecule has 0 atom stereocenters. The third-order valence-electron chi connectivity index (χ3n) is 8.04. The highest BCUT2D eigenvalue weighted by Gasteiger charge is 2.49. The summed E-state index contributed by atoms with van der Waals surface area (Å²) in [4.78, 5) is 20.3. The predicted octanol–water partition coefficient (Wildman–Crippen LogP) is 6.66. The lowest BCUT2D eigenvalue weighted by Gasteiger charge is -2.23. The predicted molar refractivity (Wildman–Crippen MR) is 159 cm³/mol. The Labute approximate surface area is 246 Å². The van der Waals surface area contributed by atoms with E-state index in [0.29, 0.717) is 39.7 Å². The molecule has 11 heteroatoms. The number of anilines is 1. The molecule has 9 nitrogen and oxygen atoms in total. The number of halogens is 1. The van der Waals surface area contributed by atoms with Crippen molar-refractivity contribution in [1.82, 2.24) is 10.1 Å². The first-order valence-electron chi connectivity index (χ1n) is 13.9. The fraction of sp³-hybridized carbons (Fsp3) is 0.433. The van der Waals surface area contributed by atoms with Gasteiger partial charge in [-0.05, 0) is 62.4 Å². The van der Waals surface area contributed by atoms with Crippen molar-refractivity contribution in [2.45, 2.75) is 82.7 Å². The minimum Gasteiger partial charge on any atom is -0.497 e. The van der Waals surface area contributed by atoms with Gasteiger partial charge in [0.1, 0.15) is 17.1 Å². The number of aromatic nitrogens is 1. The Morgan fingerprint density at radius 1 is 1.15 bits per heavy atom. The normalized spacial score (nSPS) is 16.5. The molecular formula is C30H35ClN4O5S. The van der Waals surface area contributed by atoms with Gasteiger partial charge in [0.25, 0.3) is 15.9 Å². The number of amidine groups is 1. The van der Waals surface area contributed by atoms with Crippen LogP contribution in [-0.4, -0.2) is 42.9 Å². The summed E-state index contributed by atoms with van der Waals surface area (Å²) in [6.07, 6.45) is 6.34. The fourth-order valence-electron chi connectivity index (χ4n) is 5.49. The van der Waals surface area contributed by atoms with Gasteiger partial charge in [-0.3, -0.25) is 14.7 Å². The Hall–Kier alpha value is -3.37. The van der Waals surface area contributed by atoms with Crippen LogP contribution in [0.1, 0.15) is 68.7 Å². The Bertz CT molecular complexity index is 1610. The van der Waals surface area contributed by atoms with E-state index < -0.39 is 15.6 Å². The van der Waals surface area contributed by atoms with Gasteiger partial charge in [-0.15, -0.1) is 0 Å². The van der Waals surface area contributed by atoms with Crippen molar-refractivity contribution < 1.29 is 22.5 Å². The number of sulfonamides is 1. The second-order valence-corrected chi connectivity index (χ2v) is 12.8. The van der Waals surface area contributed by atoms with E-state index in [-0.39, 0.29) is 16.7 Å². The summed E-state index contributed by atoms with van der Waals surface area (Å²) in [5, 5.41) is 4.28. The Balaban J connectivity index is 1.46. The standard InChI is InChI=1S/C30H35ClN4O5S/c1-5-6-9-27-32-30(14-7-8-15-30)29(36)35(27)18-22-11-10-21(16-25(22)31)24-13-12-23(39-4)17-26(24)41(37,38)34-28-19(2)20(3)33-40-28/h10-13,16-17,34H,5-9,14-15,18H2,1-4H3. The third-order valence-corrected chi connectivity index (χ3v) is 9.76. The summed E-state index contributed by atoms with van der Waals surface area (Å²) in [5.41, 5.74) is 2.39. The SMILES string of the molecule is CCCCC1=NC2(CCCC2)C(=O)N1Cc1ccc(-c2ccc(OC)cc2S(=O)(=O)Nc2onc(C)c2C)cc1Cl. The third kappa shape index (κ3) is 5.59. The van der Waals surface area contributed by atoms with Gasteiger partial charge in [-0.25, -0.2) is 13.1 Å². The fourth-order valence-corrected chi connectivity index (χ4v) is 7.02. The minimum atomic E-state index is -4.09. The number of carbonyl (C=O) groups excluding carboxylic acids is 1. The lowest BCUT2D eigenvalue weighted by Crippen LogP contribution is -2.40. The Kier molecular flexibility index (Phi) is 8.16. The van der Waals surface area contributed by atoms with Crippen LogP contribution in [0.2, 0.25) is 5.02 Å². The number of aliphatic imine (C=N–C) groups is 1. The molecule has 1 aliphatic carbocycles. The number of ether oxygens (including phenoxy) is 1. The monoisotopic (exact) mass is 598 g/mol. The van der Waals surface area contributed by atoms with Crippen LogP contribution >= 0.6 is 11.6 Å². The number of nitrogens with one attached hydrogen (secondary N) is 1. The quantitative estimate of drug-likeness (QED) is 0.279. The molecule has 1 saturated carbocycles. The summed E-state index contributed by atoms with van der Waals surface area (Å²) < 4.78 is 40.1. The zero-order valence-electron chi connectivity index (χ0n) is 23.8. The van der Waals surface area contributed by atoms with E-state index in [9.17, 15) is 13.2 Å². The molecule has 0 unspecified atom stereocenters. The molecule has 1 N–H and O–H groups in total. The molecule has 3 aromatic rings. The van der Waals surface area contributed by atoms with Crippen LogP contribution in [0.5, 0.6) is 5.75 Å². The maximum atomic E-state index is 13.6. The molecule has 218 valence electrons. The molecule has 1 aliphatic heterocycles. The van der Waals surface area contributed by atoms with E-state index in [1.165, 1.54) is 13.2 Å². The molecular weight excluding hydrogens is 564 g/mol. The largest absolute Gasteiger partial charge is 0.497 e. The second kappa shape index (κ2) is 11.5. The van der Waals surface area contributed by atoms with Crippen LogP contribution in [0.3, 0.4) is 0 Å². The minimum absolute atomic E-state index is 0.000927. The summed E-state index contributed by atoms with van der Waals surface area (Å²) in [7, 11) is -2.61. The average Bonchev–Trinajstić information content (AvgIpc) is 3.63. The number of amides is 1. The van der Waals surface area contributed by atoms with Crippen molar-refractivity contribution in [2.24, 2.45) is 4.99 Å². The molecule has 2 heterocycles. The van der Waals surface area contributed by atoms with Gasteiger partial charge in [0.2, 0.25) is 5.88 Å². The lowest BCUT2D eigenvalue weighted by molar-refractivity contribution is -0.131. The Morgan fingerprint density at radius 3 is 2.54 bits per heavy atom. The smallest absolute Gasteiger partial charge is 0.265 e. The van der Waals surface area contributed by atoms with Gasteiger partial charge in [-0.2, -0.15) is 0 Å². The molecule has 1 amide bonds. The number of rotatable bonds is 10. The van der Waals surface area contributed by atoms with E-state index in [0.717, 1.165) is 56.3 Å². The molecule has 2 aliphatic rings. The highest BCUT2D eigenvalue weighted by molar-refractivity contribution is 7.92. The van der Waals surface area contributed by atoms with Gasteiger partial charge in [0.05, 0.1) is 24.2 Å². The van der Waals surface area contributed by atoms with E-state index >= 15 is 0 Å². The number of aryl methyl sites for hydroxylation is 1. The summed E-state index contributed by atoms with van der Waals surface area (Å²) >= 11 is 6.80. The van der Waals surface area contributed by atoms with Crippen molar-refractivity contribution in [3.8, 4) is 16.9 Å². The number of carbonyl (C=O) groups is 1. The summed E-state index contributed by atoms with van der Waals surface area (Å²) in [6, 6.07) is 10.2. The van der Waals surface area contributed by atoms with Crippen LogP contribution in [0.4, 0.5) is 5.88 Å². The first-order chi connectivity index (χ1) is 19.6. The van der Waals surface area contributed by atoms with Crippen molar-refractivity contribution in [1.29, 1.82) is 0 Å². The van der Waals surface area contributed by atoms with Gasteiger partial charge in [-0.1, -0.05) is 55.1 Å². The second-order valence-electron chi connectivity index (χ2n) is 10.8.